The van der Waals surface area contributed by atoms with Gasteiger partial charge in [-0.05, 0) is 24.1 Å². The van der Waals surface area contributed by atoms with Crippen LogP contribution in [-0.4, -0.2) is 5.91 Å². The quantitative estimate of drug-likeness (QED) is 0.538. The van der Waals surface area contributed by atoms with Gasteiger partial charge >= 0.3 is 0 Å². The number of amides is 1. The van der Waals surface area contributed by atoms with Gasteiger partial charge in [0.25, 0.3) is 0 Å². The van der Waals surface area contributed by atoms with E-state index in [1.54, 1.807) is 0 Å². The van der Waals surface area contributed by atoms with Crippen molar-refractivity contribution in [2.75, 3.05) is 5.32 Å². The van der Waals surface area contributed by atoms with Crippen molar-refractivity contribution in [1.29, 1.82) is 0 Å². The summed E-state index contributed by atoms with van der Waals surface area (Å²) in [6, 6.07) is 7.94. The SMILES string of the molecule is CCCCCCCC(=O)Nc1ccc(CBr)cc1. The molecule has 0 saturated heterocycles. The van der Waals surface area contributed by atoms with Gasteiger partial charge in [-0.3, -0.25) is 4.79 Å². The average Bonchev–Trinajstić information content (AvgIpc) is 2.39. The van der Waals surface area contributed by atoms with E-state index in [4.69, 9.17) is 0 Å². The second-order valence-corrected chi connectivity index (χ2v) is 5.10. The normalized spacial score (nSPS) is 10.3. The van der Waals surface area contributed by atoms with Crippen LogP contribution in [0.15, 0.2) is 24.3 Å². The number of rotatable bonds is 8. The lowest BCUT2D eigenvalue weighted by Crippen LogP contribution is -2.10. The summed E-state index contributed by atoms with van der Waals surface area (Å²) in [5, 5.41) is 3.78. The molecule has 1 amide bonds. The molecule has 0 heterocycles. The van der Waals surface area contributed by atoms with Gasteiger partial charge < -0.3 is 5.32 Å². The molecule has 3 heteroatoms. The number of hydrogen-bond acceptors (Lipinski definition) is 1. The van der Waals surface area contributed by atoms with Crippen molar-refractivity contribution in [2.45, 2.75) is 50.8 Å². The Bertz CT molecular complexity index is 348. The van der Waals surface area contributed by atoms with E-state index in [9.17, 15) is 4.79 Å². The molecule has 0 aliphatic rings. The van der Waals surface area contributed by atoms with Crippen molar-refractivity contribution in [3.05, 3.63) is 29.8 Å². The molecule has 0 aliphatic carbocycles. The molecule has 0 aromatic heterocycles. The summed E-state index contributed by atoms with van der Waals surface area (Å²) in [7, 11) is 0. The highest BCUT2D eigenvalue weighted by molar-refractivity contribution is 9.08. The molecular weight excluding hydrogens is 290 g/mol. The number of unbranched alkanes of at least 4 members (excludes halogenated alkanes) is 4. The molecule has 0 aliphatic heterocycles. The molecule has 0 bridgehead atoms. The van der Waals surface area contributed by atoms with Crippen molar-refractivity contribution in [3.8, 4) is 0 Å². The maximum absolute atomic E-state index is 11.7. The van der Waals surface area contributed by atoms with Crippen molar-refractivity contribution in [3.63, 3.8) is 0 Å². The Balaban J connectivity index is 2.22. The molecule has 0 fully saturated rings. The summed E-state index contributed by atoms with van der Waals surface area (Å²) >= 11 is 3.40. The van der Waals surface area contributed by atoms with Crippen LogP contribution >= 0.6 is 15.9 Å². The smallest absolute Gasteiger partial charge is 0.224 e. The first-order chi connectivity index (χ1) is 8.76. The molecular formula is C15H22BrNO. The third kappa shape index (κ3) is 6.20. The second-order valence-electron chi connectivity index (χ2n) is 4.54. The molecule has 0 radical (unpaired) electrons. The summed E-state index contributed by atoms with van der Waals surface area (Å²) in [6.07, 6.45) is 6.53. The minimum Gasteiger partial charge on any atom is -0.326 e. The first kappa shape index (κ1) is 15.2. The Morgan fingerprint density at radius 2 is 1.78 bits per heavy atom. The number of carbonyl (C=O) groups excluding carboxylic acids is 1. The highest BCUT2D eigenvalue weighted by Crippen LogP contribution is 2.13. The third-order valence-electron chi connectivity index (χ3n) is 2.90. The number of benzene rings is 1. The van der Waals surface area contributed by atoms with Crippen LogP contribution in [-0.2, 0) is 10.1 Å². The molecule has 1 rings (SSSR count). The van der Waals surface area contributed by atoms with E-state index in [1.165, 1.54) is 24.8 Å². The van der Waals surface area contributed by atoms with Gasteiger partial charge in [-0.2, -0.15) is 0 Å². The van der Waals surface area contributed by atoms with Crippen molar-refractivity contribution in [2.24, 2.45) is 0 Å². The molecule has 18 heavy (non-hydrogen) atoms. The van der Waals surface area contributed by atoms with Crippen LogP contribution in [0.25, 0.3) is 0 Å². The molecule has 1 aromatic carbocycles. The number of hydrogen-bond donors (Lipinski definition) is 1. The Morgan fingerprint density at radius 1 is 1.11 bits per heavy atom. The van der Waals surface area contributed by atoms with E-state index in [2.05, 4.69) is 28.2 Å². The molecule has 2 nitrogen and oxygen atoms in total. The Morgan fingerprint density at radius 3 is 2.39 bits per heavy atom. The highest BCUT2D eigenvalue weighted by Gasteiger charge is 2.02. The van der Waals surface area contributed by atoms with Crippen LogP contribution in [0.2, 0.25) is 0 Å². The summed E-state index contributed by atoms with van der Waals surface area (Å²) in [5.74, 6) is 0.123. The zero-order chi connectivity index (χ0) is 13.2. The zero-order valence-corrected chi connectivity index (χ0v) is 12.6. The second kappa shape index (κ2) is 9.15. The minimum absolute atomic E-state index is 0.123. The lowest BCUT2D eigenvalue weighted by molar-refractivity contribution is -0.116. The number of anilines is 1. The first-order valence-corrected chi connectivity index (χ1v) is 7.83. The fraction of sp³-hybridized carbons (Fsp3) is 0.533. The number of carbonyl (C=O) groups is 1. The van der Waals surface area contributed by atoms with Crippen LogP contribution < -0.4 is 5.32 Å². The third-order valence-corrected chi connectivity index (χ3v) is 3.55. The predicted molar refractivity (Wildman–Crippen MR) is 81.1 cm³/mol. The van der Waals surface area contributed by atoms with Gasteiger partial charge in [-0.1, -0.05) is 60.7 Å². The van der Waals surface area contributed by atoms with Crippen molar-refractivity contribution < 1.29 is 4.79 Å². The minimum atomic E-state index is 0.123. The van der Waals surface area contributed by atoms with E-state index in [0.29, 0.717) is 6.42 Å². The van der Waals surface area contributed by atoms with Crippen LogP contribution in [0.1, 0.15) is 51.0 Å². The van der Waals surface area contributed by atoms with Gasteiger partial charge in [0.2, 0.25) is 5.91 Å². The lowest BCUT2D eigenvalue weighted by atomic mass is 10.1. The van der Waals surface area contributed by atoms with Crippen molar-refractivity contribution in [1.82, 2.24) is 0 Å². The van der Waals surface area contributed by atoms with Crippen LogP contribution in [0, 0.1) is 0 Å². The molecule has 1 N–H and O–H groups in total. The van der Waals surface area contributed by atoms with E-state index < -0.39 is 0 Å². The molecule has 0 saturated carbocycles. The summed E-state index contributed by atoms with van der Waals surface area (Å²) in [6.45, 7) is 2.20. The summed E-state index contributed by atoms with van der Waals surface area (Å²) in [4.78, 5) is 11.7. The number of nitrogens with one attached hydrogen (secondary N) is 1. The molecule has 100 valence electrons. The summed E-state index contributed by atoms with van der Waals surface area (Å²) < 4.78 is 0. The molecule has 0 atom stereocenters. The van der Waals surface area contributed by atoms with E-state index in [-0.39, 0.29) is 5.91 Å². The van der Waals surface area contributed by atoms with E-state index >= 15 is 0 Å². The fourth-order valence-electron chi connectivity index (χ4n) is 1.79. The fourth-order valence-corrected chi connectivity index (χ4v) is 2.16. The van der Waals surface area contributed by atoms with E-state index in [1.807, 2.05) is 24.3 Å². The molecule has 0 spiro atoms. The Kier molecular flexibility index (Phi) is 7.74. The van der Waals surface area contributed by atoms with Gasteiger partial charge in [0.1, 0.15) is 0 Å². The van der Waals surface area contributed by atoms with Crippen LogP contribution in [0.4, 0.5) is 5.69 Å². The van der Waals surface area contributed by atoms with Gasteiger partial charge in [-0.25, -0.2) is 0 Å². The lowest BCUT2D eigenvalue weighted by Gasteiger charge is -2.05. The summed E-state index contributed by atoms with van der Waals surface area (Å²) in [5.41, 5.74) is 2.10. The number of alkyl halides is 1. The van der Waals surface area contributed by atoms with Crippen LogP contribution in [0.5, 0.6) is 0 Å². The largest absolute Gasteiger partial charge is 0.326 e. The first-order valence-electron chi connectivity index (χ1n) is 6.71. The zero-order valence-electron chi connectivity index (χ0n) is 11.0. The Hall–Kier alpha value is -0.830. The maximum Gasteiger partial charge on any atom is 0.224 e. The van der Waals surface area contributed by atoms with Gasteiger partial charge in [-0.15, -0.1) is 0 Å². The standard InChI is InChI=1S/C15H22BrNO/c1-2-3-4-5-6-7-15(18)17-14-10-8-13(12-16)9-11-14/h8-11H,2-7,12H2,1H3,(H,17,18). The molecule has 0 unspecified atom stereocenters. The predicted octanol–water partition coefficient (Wildman–Crippen LogP) is 4.88. The van der Waals surface area contributed by atoms with Crippen molar-refractivity contribution >= 4 is 27.5 Å². The average molecular weight is 312 g/mol. The maximum atomic E-state index is 11.7. The highest BCUT2D eigenvalue weighted by atomic mass is 79.9. The molecule has 1 aromatic rings. The topological polar surface area (TPSA) is 29.1 Å². The van der Waals surface area contributed by atoms with E-state index in [0.717, 1.165) is 23.9 Å². The monoisotopic (exact) mass is 311 g/mol. The number of halogens is 1. The van der Waals surface area contributed by atoms with Gasteiger partial charge in [0, 0.05) is 17.4 Å². The Labute approximate surface area is 118 Å². The van der Waals surface area contributed by atoms with Gasteiger partial charge in [0.05, 0.1) is 0 Å². The van der Waals surface area contributed by atoms with Crippen LogP contribution in [0.3, 0.4) is 0 Å². The van der Waals surface area contributed by atoms with Gasteiger partial charge in [0.15, 0.2) is 0 Å².